The van der Waals surface area contributed by atoms with Gasteiger partial charge in [0.25, 0.3) is 0 Å². The molecule has 1 atom stereocenters. The van der Waals surface area contributed by atoms with Crippen LogP contribution in [0.25, 0.3) is 0 Å². The number of carbonyl (C=O) groups is 1. The molecule has 1 aliphatic rings. The van der Waals surface area contributed by atoms with Crippen molar-refractivity contribution in [2.24, 2.45) is 0 Å². The summed E-state index contributed by atoms with van der Waals surface area (Å²) in [5, 5.41) is 0.699. The second-order valence-corrected chi connectivity index (χ2v) is 5.37. The van der Waals surface area contributed by atoms with E-state index in [1.165, 1.54) is 19.3 Å². The van der Waals surface area contributed by atoms with Gasteiger partial charge in [-0.15, -0.1) is 0 Å². The molecule has 1 amide bonds. The third kappa shape index (κ3) is 3.87. The van der Waals surface area contributed by atoms with Crippen LogP contribution >= 0.6 is 11.6 Å². The number of ether oxygens (including phenoxy) is 1. The number of cyclic esters (lactones) is 1. The van der Waals surface area contributed by atoms with Crippen LogP contribution < -0.4 is 0 Å². The van der Waals surface area contributed by atoms with Crippen LogP contribution in [-0.4, -0.2) is 24.1 Å². The molecule has 104 valence electrons. The first kappa shape index (κ1) is 14.2. The number of nitrogens with zero attached hydrogens (tertiary/aromatic N) is 1. The van der Waals surface area contributed by atoms with Gasteiger partial charge in [-0.2, -0.15) is 0 Å². The summed E-state index contributed by atoms with van der Waals surface area (Å²) < 4.78 is 5.40. The number of benzene rings is 1. The van der Waals surface area contributed by atoms with Crippen molar-refractivity contribution < 1.29 is 9.53 Å². The van der Waals surface area contributed by atoms with Crippen molar-refractivity contribution >= 4 is 17.7 Å². The van der Waals surface area contributed by atoms with E-state index < -0.39 is 0 Å². The second-order valence-electron chi connectivity index (χ2n) is 4.93. The second kappa shape index (κ2) is 6.80. The van der Waals surface area contributed by atoms with Gasteiger partial charge < -0.3 is 9.64 Å². The van der Waals surface area contributed by atoms with Crippen molar-refractivity contribution in [2.45, 2.75) is 38.7 Å². The molecule has 19 heavy (non-hydrogen) atoms. The minimum atomic E-state index is -0.198. The Morgan fingerprint density at radius 1 is 1.26 bits per heavy atom. The van der Waals surface area contributed by atoms with Crippen LogP contribution in [0, 0.1) is 0 Å². The zero-order valence-corrected chi connectivity index (χ0v) is 12.0. The first-order valence-corrected chi connectivity index (χ1v) is 7.29. The fraction of sp³-hybridized carbons (Fsp3) is 0.533. The van der Waals surface area contributed by atoms with Gasteiger partial charge in [0.1, 0.15) is 6.10 Å². The monoisotopic (exact) mass is 281 g/mol. The fourth-order valence-electron chi connectivity index (χ4n) is 2.27. The number of hydrogen-bond donors (Lipinski definition) is 0. The molecule has 1 aromatic rings. The molecule has 0 spiro atoms. The Hall–Kier alpha value is -1.22. The van der Waals surface area contributed by atoms with Gasteiger partial charge in [0.05, 0.1) is 6.54 Å². The highest BCUT2D eigenvalue weighted by molar-refractivity contribution is 6.30. The SMILES string of the molecule is CCCCCCN1CC(c2ccc(Cl)cc2)OC1=O. The molecule has 1 heterocycles. The summed E-state index contributed by atoms with van der Waals surface area (Å²) in [5.74, 6) is 0. The van der Waals surface area contributed by atoms with Crippen molar-refractivity contribution in [1.29, 1.82) is 0 Å². The van der Waals surface area contributed by atoms with Gasteiger partial charge in [0.2, 0.25) is 0 Å². The highest BCUT2D eigenvalue weighted by Gasteiger charge is 2.31. The molecular formula is C15H20ClNO2. The fourth-order valence-corrected chi connectivity index (χ4v) is 2.40. The Labute approximate surface area is 119 Å². The van der Waals surface area contributed by atoms with Gasteiger partial charge in [-0.3, -0.25) is 0 Å². The lowest BCUT2D eigenvalue weighted by Crippen LogP contribution is -2.25. The Balaban J connectivity index is 1.86. The number of rotatable bonds is 6. The molecule has 0 N–H and O–H groups in total. The quantitative estimate of drug-likeness (QED) is 0.723. The molecule has 4 heteroatoms. The Bertz CT molecular complexity index is 419. The molecule has 0 aromatic heterocycles. The molecule has 0 bridgehead atoms. The summed E-state index contributed by atoms with van der Waals surface area (Å²) in [5.41, 5.74) is 1.01. The third-order valence-electron chi connectivity index (χ3n) is 3.41. The molecule has 1 fully saturated rings. The largest absolute Gasteiger partial charge is 0.439 e. The topological polar surface area (TPSA) is 29.5 Å². The maximum absolute atomic E-state index is 11.8. The maximum Gasteiger partial charge on any atom is 0.410 e. The average Bonchev–Trinajstić information content (AvgIpc) is 2.77. The van der Waals surface area contributed by atoms with E-state index in [0.29, 0.717) is 11.6 Å². The summed E-state index contributed by atoms with van der Waals surface area (Å²) in [6, 6.07) is 7.49. The Kier molecular flexibility index (Phi) is 5.08. The molecule has 0 saturated carbocycles. The number of amides is 1. The average molecular weight is 282 g/mol. The standard InChI is InChI=1S/C15H20ClNO2/c1-2-3-4-5-10-17-11-14(19-15(17)18)12-6-8-13(16)9-7-12/h6-9,14H,2-5,10-11H2,1H3. The van der Waals surface area contributed by atoms with Crippen molar-refractivity contribution in [2.75, 3.05) is 13.1 Å². The van der Waals surface area contributed by atoms with Gasteiger partial charge in [0, 0.05) is 11.6 Å². The summed E-state index contributed by atoms with van der Waals surface area (Å²) >= 11 is 5.86. The molecule has 0 radical (unpaired) electrons. The van der Waals surface area contributed by atoms with Gasteiger partial charge in [-0.25, -0.2) is 4.79 Å². The van der Waals surface area contributed by atoms with Crippen molar-refractivity contribution in [1.82, 2.24) is 4.90 Å². The minimum Gasteiger partial charge on any atom is -0.439 e. The molecule has 2 rings (SSSR count). The first-order chi connectivity index (χ1) is 9.20. The minimum absolute atomic E-state index is 0.157. The summed E-state index contributed by atoms with van der Waals surface area (Å²) in [6.07, 6.45) is 4.30. The lowest BCUT2D eigenvalue weighted by Gasteiger charge is -2.12. The Morgan fingerprint density at radius 3 is 2.68 bits per heavy atom. The lowest BCUT2D eigenvalue weighted by atomic mass is 10.1. The smallest absolute Gasteiger partial charge is 0.410 e. The lowest BCUT2D eigenvalue weighted by molar-refractivity contribution is 0.132. The van der Waals surface area contributed by atoms with Crippen LogP contribution in [-0.2, 0) is 4.74 Å². The van der Waals surface area contributed by atoms with Crippen LogP contribution in [0.1, 0.15) is 44.3 Å². The zero-order chi connectivity index (χ0) is 13.7. The molecule has 0 aliphatic carbocycles. The van der Waals surface area contributed by atoms with E-state index in [4.69, 9.17) is 16.3 Å². The van der Waals surface area contributed by atoms with E-state index in [9.17, 15) is 4.79 Å². The first-order valence-electron chi connectivity index (χ1n) is 6.91. The highest BCUT2D eigenvalue weighted by Crippen LogP contribution is 2.27. The van der Waals surface area contributed by atoms with E-state index >= 15 is 0 Å². The molecule has 1 saturated heterocycles. The van der Waals surface area contributed by atoms with E-state index in [1.54, 1.807) is 4.90 Å². The summed E-state index contributed by atoms with van der Waals surface area (Å²) in [6.45, 7) is 3.62. The number of hydrogen-bond acceptors (Lipinski definition) is 2. The van der Waals surface area contributed by atoms with Gasteiger partial charge in [-0.05, 0) is 24.1 Å². The zero-order valence-electron chi connectivity index (χ0n) is 11.3. The number of halogens is 1. The summed E-state index contributed by atoms with van der Waals surface area (Å²) in [7, 11) is 0. The van der Waals surface area contributed by atoms with Gasteiger partial charge in [-0.1, -0.05) is 49.9 Å². The molecule has 3 nitrogen and oxygen atoms in total. The molecule has 1 aliphatic heterocycles. The van der Waals surface area contributed by atoms with Crippen LogP contribution in [0.15, 0.2) is 24.3 Å². The predicted molar refractivity (Wildman–Crippen MR) is 76.4 cm³/mol. The number of unbranched alkanes of at least 4 members (excludes halogenated alkanes) is 3. The van der Waals surface area contributed by atoms with E-state index in [2.05, 4.69) is 6.92 Å². The highest BCUT2D eigenvalue weighted by atomic mass is 35.5. The van der Waals surface area contributed by atoms with E-state index in [0.717, 1.165) is 18.5 Å². The predicted octanol–water partition coefficient (Wildman–Crippen LogP) is 4.41. The Morgan fingerprint density at radius 2 is 2.00 bits per heavy atom. The van der Waals surface area contributed by atoms with Gasteiger partial charge >= 0.3 is 6.09 Å². The molecule has 1 aromatic carbocycles. The van der Waals surface area contributed by atoms with Crippen LogP contribution in [0.2, 0.25) is 5.02 Å². The molecular weight excluding hydrogens is 262 g/mol. The normalized spacial score (nSPS) is 18.7. The van der Waals surface area contributed by atoms with Crippen molar-refractivity contribution in [3.8, 4) is 0 Å². The van der Waals surface area contributed by atoms with E-state index in [-0.39, 0.29) is 12.2 Å². The van der Waals surface area contributed by atoms with E-state index in [1.807, 2.05) is 24.3 Å². The van der Waals surface area contributed by atoms with Crippen LogP contribution in [0.5, 0.6) is 0 Å². The van der Waals surface area contributed by atoms with Crippen molar-refractivity contribution in [3.05, 3.63) is 34.9 Å². The van der Waals surface area contributed by atoms with Crippen LogP contribution in [0.4, 0.5) is 4.79 Å². The number of carbonyl (C=O) groups excluding carboxylic acids is 1. The third-order valence-corrected chi connectivity index (χ3v) is 3.66. The summed E-state index contributed by atoms with van der Waals surface area (Å²) in [4.78, 5) is 13.6. The van der Waals surface area contributed by atoms with Crippen molar-refractivity contribution in [3.63, 3.8) is 0 Å². The van der Waals surface area contributed by atoms with Crippen LogP contribution in [0.3, 0.4) is 0 Å². The maximum atomic E-state index is 11.8. The molecule has 1 unspecified atom stereocenters. The van der Waals surface area contributed by atoms with Gasteiger partial charge in [0.15, 0.2) is 0 Å².